The third kappa shape index (κ3) is 2.61. The lowest BCUT2D eigenvalue weighted by molar-refractivity contribution is 0.322. The Labute approximate surface area is 109 Å². The molecule has 0 bridgehead atoms. The highest BCUT2D eigenvalue weighted by atomic mass is 15.3. The van der Waals surface area contributed by atoms with Gasteiger partial charge >= 0.3 is 0 Å². The van der Waals surface area contributed by atoms with Gasteiger partial charge in [-0.2, -0.15) is 5.10 Å². The van der Waals surface area contributed by atoms with Crippen molar-refractivity contribution in [3.8, 4) is 0 Å². The average Bonchev–Trinajstić information content (AvgIpc) is 2.85. The van der Waals surface area contributed by atoms with Gasteiger partial charge in [0.1, 0.15) is 5.82 Å². The van der Waals surface area contributed by atoms with Crippen LogP contribution in [0.3, 0.4) is 0 Å². The quantitative estimate of drug-likeness (QED) is 0.836. The predicted octanol–water partition coefficient (Wildman–Crippen LogP) is 1.69. The molecule has 1 aliphatic heterocycles. The fourth-order valence-corrected chi connectivity index (χ4v) is 2.61. The molecule has 18 heavy (non-hydrogen) atoms. The third-order valence-corrected chi connectivity index (χ3v) is 3.79. The number of aromatic nitrogens is 2. The Kier molecular flexibility index (Phi) is 4.11. The zero-order chi connectivity index (χ0) is 13.1. The minimum atomic E-state index is 0.620. The minimum Gasteiger partial charge on any atom is -0.394 e. The van der Waals surface area contributed by atoms with Crippen LogP contribution in [0.4, 0.5) is 11.5 Å². The van der Waals surface area contributed by atoms with Crippen LogP contribution in [-0.4, -0.2) is 40.9 Å². The topological polar surface area (TPSA) is 59.1 Å². The summed E-state index contributed by atoms with van der Waals surface area (Å²) in [7, 11) is 2.19. The summed E-state index contributed by atoms with van der Waals surface area (Å²) in [4.78, 5) is 2.41. The zero-order valence-electron chi connectivity index (χ0n) is 11.7. The van der Waals surface area contributed by atoms with Crippen molar-refractivity contribution in [1.82, 2.24) is 14.7 Å². The van der Waals surface area contributed by atoms with Crippen LogP contribution in [0.5, 0.6) is 0 Å². The van der Waals surface area contributed by atoms with E-state index in [1.165, 1.54) is 19.4 Å². The monoisotopic (exact) mass is 251 g/mol. The molecule has 2 rings (SSSR count). The fraction of sp³-hybridized carbons (Fsp3) is 0.769. The second kappa shape index (κ2) is 5.61. The van der Waals surface area contributed by atoms with Crippen molar-refractivity contribution in [3.63, 3.8) is 0 Å². The number of nitrogens with two attached hydrogens (primary N) is 1. The van der Waals surface area contributed by atoms with E-state index in [9.17, 15) is 0 Å². The van der Waals surface area contributed by atoms with E-state index in [-0.39, 0.29) is 0 Å². The van der Waals surface area contributed by atoms with E-state index in [1.807, 2.05) is 11.6 Å². The number of hydrogen-bond acceptors (Lipinski definition) is 4. The van der Waals surface area contributed by atoms with E-state index in [1.54, 1.807) is 0 Å². The Bertz CT molecular complexity index is 398. The van der Waals surface area contributed by atoms with Crippen molar-refractivity contribution in [2.75, 3.05) is 31.2 Å². The number of rotatable bonds is 5. The van der Waals surface area contributed by atoms with Gasteiger partial charge in [0.15, 0.2) is 0 Å². The van der Waals surface area contributed by atoms with Crippen LogP contribution in [0.2, 0.25) is 0 Å². The van der Waals surface area contributed by atoms with Crippen LogP contribution in [0.15, 0.2) is 0 Å². The summed E-state index contributed by atoms with van der Waals surface area (Å²) in [6, 6.07) is 0.620. The molecule has 0 spiro atoms. The molecule has 0 aliphatic carbocycles. The van der Waals surface area contributed by atoms with Crippen molar-refractivity contribution in [2.24, 2.45) is 0 Å². The van der Waals surface area contributed by atoms with E-state index in [0.29, 0.717) is 6.04 Å². The van der Waals surface area contributed by atoms with Crippen LogP contribution >= 0.6 is 0 Å². The summed E-state index contributed by atoms with van der Waals surface area (Å²) >= 11 is 0. The molecule has 0 aromatic carbocycles. The molecule has 0 saturated carbocycles. The van der Waals surface area contributed by atoms with Crippen molar-refractivity contribution < 1.29 is 0 Å². The van der Waals surface area contributed by atoms with E-state index < -0.39 is 0 Å². The maximum atomic E-state index is 6.09. The lowest BCUT2D eigenvalue weighted by Crippen LogP contribution is -2.32. The Morgan fingerprint density at radius 3 is 2.89 bits per heavy atom. The summed E-state index contributed by atoms with van der Waals surface area (Å²) in [5, 5.41) is 7.97. The lowest BCUT2D eigenvalue weighted by atomic mass is 10.2. The molecule has 1 saturated heterocycles. The van der Waals surface area contributed by atoms with E-state index in [4.69, 9.17) is 5.73 Å². The van der Waals surface area contributed by atoms with Gasteiger partial charge in [0.25, 0.3) is 0 Å². The molecule has 5 nitrogen and oxygen atoms in total. The Morgan fingerprint density at radius 1 is 1.50 bits per heavy atom. The van der Waals surface area contributed by atoms with Gasteiger partial charge in [-0.05, 0) is 39.8 Å². The van der Waals surface area contributed by atoms with Gasteiger partial charge in [0, 0.05) is 19.1 Å². The standard InChI is InChI=1S/C13H25N5/c1-4-7-18-13(12(14)10(2)16-18)15-9-11-6-5-8-17(11)3/h11,15H,4-9,14H2,1-3H3. The zero-order valence-corrected chi connectivity index (χ0v) is 11.7. The van der Waals surface area contributed by atoms with Gasteiger partial charge in [-0.3, -0.25) is 0 Å². The maximum Gasteiger partial charge on any atom is 0.148 e. The smallest absolute Gasteiger partial charge is 0.148 e. The van der Waals surface area contributed by atoms with E-state index in [0.717, 1.165) is 36.7 Å². The molecule has 1 aliphatic rings. The van der Waals surface area contributed by atoms with Crippen LogP contribution in [-0.2, 0) is 6.54 Å². The molecule has 5 heteroatoms. The van der Waals surface area contributed by atoms with Crippen LogP contribution in [0.25, 0.3) is 0 Å². The number of likely N-dealkylation sites (tertiary alicyclic amines) is 1. The molecule has 3 N–H and O–H groups in total. The number of nitrogens with zero attached hydrogens (tertiary/aromatic N) is 3. The Morgan fingerprint density at radius 2 is 2.28 bits per heavy atom. The molecular formula is C13H25N5. The molecule has 1 fully saturated rings. The SMILES string of the molecule is CCCn1nc(C)c(N)c1NCC1CCCN1C. The maximum absolute atomic E-state index is 6.09. The fourth-order valence-electron chi connectivity index (χ4n) is 2.61. The van der Waals surface area contributed by atoms with Crippen molar-refractivity contribution >= 4 is 11.5 Å². The molecule has 0 radical (unpaired) electrons. The number of anilines is 2. The Balaban J connectivity index is 2.03. The van der Waals surface area contributed by atoms with Gasteiger partial charge in [-0.1, -0.05) is 6.92 Å². The second-order valence-electron chi connectivity index (χ2n) is 5.23. The highest BCUT2D eigenvalue weighted by Gasteiger charge is 2.21. The number of likely N-dealkylation sites (N-methyl/N-ethyl adjacent to an activating group) is 1. The predicted molar refractivity (Wildman–Crippen MR) is 75.8 cm³/mol. The van der Waals surface area contributed by atoms with Gasteiger partial charge in [0.05, 0.1) is 11.4 Å². The molecule has 2 heterocycles. The van der Waals surface area contributed by atoms with Crippen LogP contribution in [0, 0.1) is 6.92 Å². The number of nitrogens with one attached hydrogen (secondary N) is 1. The lowest BCUT2D eigenvalue weighted by Gasteiger charge is -2.20. The molecule has 1 aromatic rings. The van der Waals surface area contributed by atoms with E-state index >= 15 is 0 Å². The third-order valence-electron chi connectivity index (χ3n) is 3.79. The first-order valence-electron chi connectivity index (χ1n) is 6.90. The number of aryl methyl sites for hydroxylation is 2. The molecular weight excluding hydrogens is 226 g/mol. The van der Waals surface area contributed by atoms with Crippen molar-refractivity contribution in [2.45, 2.75) is 45.7 Å². The molecule has 102 valence electrons. The normalized spacial score (nSPS) is 20.5. The summed E-state index contributed by atoms with van der Waals surface area (Å²) in [5.74, 6) is 0.995. The molecule has 1 atom stereocenters. The first kappa shape index (κ1) is 13.2. The van der Waals surface area contributed by atoms with Gasteiger partial charge < -0.3 is 16.0 Å². The van der Waals surface area contributed by atoms with Crippen LogP contribution < -0.4 is 11.1 Å². The largest absolute Gasteiger partial charge is 0.394 e. The van der Waals surface area contributed by atoms with Gasteiger partial charge in [-0.15, -0.1) is 0 Å². The minimum absolute atomic E-state index is 0.620. The molecule has 0 amide bonds. The number of nitrogen functional groups attached to an aromatic ring is 1. The summed E-state index contributed by atoms with van der Waals surface area (Å²) < 4.78 is 2.00. The number of hydrogen-bond donors (Lipinski definition) is 2. The van der Waals surface area contributed by atoms with Crippen LogP contribution in [0.1, 0.15) is 31.9 Å². The highest BCUT2D eigenvalue weighted by Crippen LogP contribution is 2.23. The second-order valence-corrected chi connectivity index (χ2v) is 5.23. The van der Waals surface area contributed by atoms with Crippen molar-refractivity contribution in [3.05, 3.63) is 5.69 Å². The Hall–Kier alpha value is -1.23. The van der Waals surface area contributed by atoms with E-state index in [2.05, 4.69) is 29.3 Å². The van der Waals surface area contributed by atoms with Gasteiger partial charge in [-0.25, -0.2) is 4.68 Å². The summed E-state index contributed by atoms with van der Waals surface area (Å²) in [5.41, 5.74) is 7.81. The van der Waals surface area contributed by atoms with Gasteiger partial charge in [0.2, 0.25) is 0 Å². The highest BCUT2D eigenvalue weighted by molar-refractivity contribution is 5.64. The average molecular weight is 251 g/mol. The molecule has 1 aromatic heterocycles. The van der Waals surface area contributed by atoms with Crippen molar-refractivity contribution in [1.29, 1.82) is 0 Å². The first-order valence-corrected chi connectivity index (χ1v) is 6.90. The first-order chi connectivity index (χ1) is 8.63. The summed E-state index contributed by atoms with van der Waals surface area (Å²) in [6.07, 6.45) is 3.63. The molecule has 1 unspecified atom stereocenters. The summed E-state index contributed by atoms with van der Waals surface area (Å²) in [6.45, 7) is 7.20.